The molecule has 0 radical (unpaired) electrons. The lowest BCUT2D eigenvalue weighted by Gasteiger charge is -2.01. The molecule has 0 saturated carbocycles. The highest BCUT2D eigenvalue weighted by Crippen LogP contribution is 2.25. The van der Waals surface area contributed by atoms with Crippen LogP contribution in [0, 0.1) is 0 Å². The molecule has 0 aliphatic carbocycles. The maximum atomic E-state index is 5.80. The van der Waals surface area contributed by atoms with Crippen LogP contribution in [0.2, 0.25) is 5.02 Å². The number of hydrogen-bond donors (Lipinski definition) is 1. The highest BCUT2D eigenvalue weighted by molar-refractivity contribution is 6.34. The standard InChI is InChI=1S/C9H7ClN2/c10-7-5-12-8-4-2-1-3-6(8)9(7)11/h1-5H,(H2,11,12). The maximum absolute atomic E-state index is 5.80. The van der Waals surface area contributed by atoms with Crippen LogP contribution in [-0.4, -0.2) is 4.98 Å². The lowest BCUT2D eigenvalue weighted by Crippen LogP contribution is -1.89. The lowest BCUT2D eigenvalue weighted by molar-refractivity contribution is 1.41. The number of hydrogen-bond acceptors (Lipinski definition) is 2. The third-order valence-electron chi connectivity index (χ3n) is 1.77. The molecule has 0 fully saturated rings. The smallest absolute Gasteiger partial charge is 0.0825 e. The predicted molar refractivity (Wildman–Crippen MR) is 51.2 cm³/mol. The molecule has 0 atom stereocenters. The molecule has 0 bridgehead atoms. The van der Waals surface area contributed by atoms with Gasteiger partial charge in [0.05, 0.1) is 16.2 Å². The number of halogens is 1. The first-order valence-electron chi connectivity index (χ1n) is 3.58. The van der Waals surface area contributed by atoms with Crippen LogP contribution in [0.25, 0.3) is 10.9 Å². The fourth-order valence-corrected chi connectivity index (χ4v) is 1.29. The predicted octanol–water partition coefficient (Wildman–Crippen LogP) is 2.47. The van der Waals surface area contributed by atoms with Crippen molar-refractivity contribution in [3.8, 4) is 0 Å². The third kappa shape index (κ3) is 1.01. The summed E-state index contributed by atoms with van der Waals surface area (Å²) < 4.78 is 0. The molecule has 3 heteroatoms. The van der Waals surface area contributed by atoms with Gasteiger partial charge >= 0.3 is 0 Å². The van der Waals surface area contributed by atoms with E-state index in [2.05, 4.69) is 4.98 Å². The molecule has 2 rings (SSSR count). The zero-order chi connectivity index (χ0) is 8.55. The Morgan fingerprint density at radius 3 is 2.83 bits per heavy atom. The Bertz CT molecular complexity index is 426. The molecule has 0 aliphatic rings. The summed E-state index contributed by atoms with van der Waals surface area (Å²) in [5, 5.41) is 1.42. The Hall–Kier alpha value is -1.28. The topological polar surface area (TPSA) is 38.9 Å². The van der Waals surface area contributed by atoms with E-state index in [-0.39, 0.29) is 0 Å². The van der Waals surface area contributed by atoms with Crippen LogP contribution in [0.3, 0.4) is 0 Å². The Morgan fingerprint density at radius 2 is 2.00 bits per heavy atom. The van der Waals surface area contributed by atoms with Crippen LogP contribution in [0.1, 0.15) is 0 Å². The second-order valence-electron chi connectivity index (χ2n) is 2.54. The van der Waals surface area contributed by atoms with Gasteiger partial charge in [-0.05, 0) is 6.07 Å². The number of aromatic nitrogens is 1. The van der Waals surface area contributed by atoms with Gasteiger partial charge < -0.3 is 5.73 Å². The summed E-state index contributed by atoms with van der Waals surface area (Å²) in [7, 11) is 0. The Balaban J connectivity index is 2.91. The summed E-state index contributed by atoms with van der Waals surface area (Å²) in [5.41, 5.74) is 7.22. The molecule has 1 heterocycles. The van der Waals surface area contributed by atoms with Crippen molar-refractivity contribution < 1.29 is 0 Å². The van der Waals surface area contributed by atoms with E-state index in [4.69, 9.17) is 17.3 Å². The van der Waals surface area contributed by atoms with Crippen LogP contribution in [-0.2, 0) is 0 Å². The van der Waals surface area contributed by atoms with E-state index in [0.717, 1.165) is 10.9 Å². The Labute approximate surface area is 75.0 Å². The van der Waals surface area contributed by atoms with Crippen molar-refractivity contribution in [1.29, 1.82) is 0 Å². The molecule has 60 valence electrons. The summed E-state index contributed by atoms with van der Waals surface area (Å²) in [6, 6.07) is 7.64. The van der Waals surface area contributed by atoms with Gasteiger partial charge in [0, 0.05) is 11.6 Å². The summed E-state index contributed by atoms with van der Waals surface area (Å²) in [6.07, 6.45) is 1.57. The van der Waals surface area contributed by atoms with E-state index >= 15 is 0 Å². The van der Waals surface area contributed by atoms with E-state index in [9.17, 15) is 0 Å². The molecular weight excluding hydrogens is 172 g/mol. The van der Waals surface area contributed by atoms with E-state index in [0.29, 0.717) is 10.7 Å². The average Bonchev–Trinajstić information content (AvgIpc) is 2.12. The summed E-state index contributed by atoms with van der Waals surface area (Å²) in [6.45, 7) is 0. The third-order valence-corrected chi connectivity index (χ3v) is 2.07. The van der Waals surface area contributed by atoms with Crippen molar-refractivity contribution in [1.82, 2.24) is 4.98 Å². The number of anilines is 1. The normalized spacial score (nSPS) is 10.4. The minimum Gasteiger partial charge on any atom is -0.397 e. The molecule has 1 aromatic heterocycles. The largest absolute Gasteiger partial charge is 0.397 e. The summed E-state index contributed by atoms with van der Waals surface area (Å²) in [4.78, 5) is 4.13. The molecule has 2 aromatic rings. The van der Waals surface area contributed by atoms with Crippen molar-refractivity contribution in [3.05, 3.63) is 35.5 Å². The van der Waals surface area contributed by atoms with Gasteiger partial charge in [-0.2, -0.15) is 0 Å². The first kappa shape index (κ1) is 7.37. The fraction of sp³-hybridized carbons (Fsp3) is 0. The Morgan fingerprint density at radius 1 is 1.25 bits per heavy atom. The first-order chi connectivity index (χ1) is 5.79. The molecule has 2 nitrogen and oxygen atoms in total. The van der Waals surface area contributed by atoms with Gasteiger partial charge in [0.15, 0.2) is 0 Å². The highest BCUT2D eigenvalue weighted by Gasteiger charge is 2.01. The van der Waals surface area contributed by atoms with E-state index in [1.54, 1.807) is 6.20 Å². The minimum absolute atomic E-state index is 0.508. The second-order valence-corrected chi connectivity index (χ2v) is 2.94. The highest BCUT2D eigenvalue weighted by atomic mass is 35.5. The van der Waals surface area contributed by atoms with E-state index in [1.807, 2.05) is 24.3 Å². The van der Waals surface area contributed by atoms with Crippen LogP contribution in [0.15, 0.2) is 30.5 Å². The van der Waals surface area contributed by atoms with Crippen LogP contribution in [0.4, 0.5) is 5.69 Å². The molecular formula is C9H7ClN2. The van der Waals surface area contributed by atoms with Gasteiger partial charge in [0.2, 0.25) is 0 Å². The van der Waals surface area contributed by atoms with Crippen LogP contribution < -0.4 is 5.73 Å². The van der Waals surface area contributed by atoms with Gasteiger partial charge in [-0.3, -0.25) is 4.98 Å². The van der Waals surface area contributed by atoms with Crippen LogP contribution >= 0.6 is 11.6 Å². The zero-order valence-electron chi connectivity index (χ0n) is 6.29. The number of pyridine rings is 1. The van der Waals surface area contributed by atoms with E-state index < -0.39 is 0 Å². The number of nitrogens with two attached hydrogens (primary N) is 1. The van der Waals surface area contributed by atoms with Crippen molar-refractivity contribution in [3.63, 3.8) is 0 Å². The fourth-order valence-electron chi connectivity index (χ4n) is 1.14. The molecule has 1 aromatic carbocycles. The van der Waals surface area contributed by atoms with Gasteiger partial charge in [0.25, 0.3) is 0 Å². The number of nitrogen functional groups attached to an aromatic ring is 1. The molecule has 0 amide bonds. The SMILES string of the molecule is Nc1c(Cl)cnc2ccccc12. The average molecular weight is 179 g/mol. The summed E-state index contributed by atoms with van der Waals surface area (Å²) in [5.74, 6) is 0. The number of fused-ring (bicyclic) bond motifs is 1. The molecule has 2 N–H and O–H groups in total. The van der Waals surface area contributed by atoms with Gasteiger partial charge in [-0.25, -0.2) is 0 Å². The monoisotopic (exact) mass is 178 g/mol. The van der Waals surface area contributed by atoms with Gasteiger partial charge in [-0.1, -0.05) is 29.8 Å². The van der Waals surface area contributed by atoms with Gasteiger partial charge in [0.1, 0.15) is 0 Å². The van der Waals surface area contributed by atoms with E-state index in [1.165, 1.54) is 0 Å². The molecule has 0 aliphatic heterocycles. The van der Waals surface area contributed by atoms with Crippen LogP contribution in [0.5, 0.6) is 0 Å². The molecule has 0 unspecified atom stereocenters. The molecule has 0 saturated heterocycles. The maximum Gasteiger partial charge on any atom is 0.0825 e. The van der Waals surface area contributed by atoms with Crippen molar-refractivity contribution in [2.24, 2.45) is 0 Å². The molecule has 12 heavy (non-hydrogen) atoms. The first-order valence-corrected chi connectivity index (χ1v) is 3.95. The quantitative estimate of drug-likeness (QED) is 0.673. The zero-order valence-corrected chi connectivity index (χ0v) is 7.05. The van der Waals surface area contributed by atoms with Gasteiger partial charge in [-0.15, -0.1) is 0 Å². The summed E-state index contributed by atoms with van der Waals surface area (Å²) >= 11 is 5.80. The number of para-hydroxylation sites is 1. The lowest BCUT2D eigenvalue weighted by atomic mass is 10.2. The Kier molecular flexibility index (Phi) is 1.62. The number of benzene rings is 1. The van der Waals surface area contributed by atoms with Crippen molar-refractivity contribution in [2.75, 3.05) is 5.73 Å². The molecule has 0 spiro atoms. The van der Waals surface area contributed by atoms with Crippen molar-refractivity contribution in [2.45, 2.75) is 0 Å². The second kappa shape index (κ2) is 2.64. The minimum atomic E-state index is 0.508. The number of nitrogens with zero attached hydrogens (tertiary/aromatic N) is 1. The number of rotatable bonds is 0. The van der Waals surface area contributed by atoms with Crippen molar-refractivity contribution >= 4 is 28.2 Å².